The topological polar surface area (TPSA) is 81.6 Å². The number of hydrogen-bond donors (Lipinski definition) is 4. The molecule has 1 heterocycles. The Morgan fingerprint density at radius 1 is 1.44 bits per heavy atom. The second kappa shape index (κ2) is 4.11. The summed E-state index contributed by atoms with van der Waals surface area (Å²) in [6, 6.07) is 6.43. The van der Waals surface area contributed by atoms with Gasteiger partial charge in [-0.05, 0) is 25.1 Å². The Morgan fingerprint density at radius 2 is 2.19 bits per heavy atom. The lowest BCUT2D eigenvalue weighted by atomic mass is 10.0. The van der Waals surface area contributed by atoms with E-state index in [1.165, 1.54) is 6.07 Å². The Hall–Kier alpha value is -1.59. The minimum Gasteiger partial charge on any atom is -0.506 e. The van der Waals surface area contributed by atoms with Gasteiger partial charge in [0.2, 0.25) is 0 Å². The zero-order chi connectivity index (χ0) is 11.6. The van der Waals surface area contributed by atoms with Gasteiger partial charge in [0.15, 0.2) is 5.60 Å². The van der Waals surface area contributed by atoms with Crippen LogP contribution in [0.2, 0.25) is 0 Å². The van der Waals surface area contributed by atoms with Crippen LogP contribution < -0.4 is 10.6 Å². The first-order chi connectivity index (χ1) is 7.62. The van der Waals surface area contributed by atoms with Crippen molar-refractivity contribution in [1.29, 1.82) is 0 Å². The molecule has 1 atom stereocenters. The number of carbonyl (C=O) groups excluding carboxylic acids is 1. The number of aromatic hydroxyl groups is 1. The fourth-order valence-electron chi connectivity index (χ4n) is 1.69. The predicted molar refractivity (Wildman–Crippen MR) is 59.2 cm³/mol. The van der Waals surface area contributed by atoms with Crippen LogP contribution in [-0.2, 0) is 4.79 Å². The Kier molecular flexibility index (Phi) is 2.80. The molecule has 16 heavy (non-hydrogen) atoms. The van der Waals surface area contributed by atoms with E-state index in [-0.39, 0.29) is 12.3 Å². The van der Waals surface area contributed by atoms with E-state index in [0.29, 0.717) is 18.7 Å². The van der Waals surface area contributed by atoms with Gasteiger partial charge < -0.3 is 20.8 Å². The monoisotopic (exact) mass is 222 g/mol. The zero-order valence-corrected chi connectivity index (χ0v) is 8.73. The van der Waals surface area contributed by atoms with Gasteiger partial charge >= 0.3 is 0 Å². The number of nitrogens with one attached hydrogen (secondary N) is 2. The number of carbonyl (C=O) groups is 1. The summed E-state index contributed by atoms with van der Waals surface area (Å²) in [5.74, 6) is -0.496. The molecule has 0 spiro atoms. The number of phenols is 1. The Labute approximate surface area is 93.1 Å². The van der Waals surface area contributed by atoms with Crippen molar-refractivity contribution in [2.45, 2.75) is 12.0 Å². The van der Waals surface area contributed by atoms with Crippen LogP contribution in [0.5, 0.6) is 5.75 Å². The first kappa shape index (κ1) is 10.9. The van der Waals surface area contributed by atoms with Crippen LogP contribution >= 0.6 is 0 Å². The molecule has 5 heteroatoms. The van der Waals surface area contributed by atoms with Crippen molar-refractivity contribution in [2.24, 2.45) is 0 Å². The minimum atomic E-state index is -1.37. The van der Waals surface area contributed by atoms with Gasteiger partial charge in [-0.15, -0.1) is 0 Å². The molecule has 1 unspecified atom stereocenters. The molecule has 1 aliphatic heterocycles. The number of benzene rings is 1. The Bertz CT molecular complexity index is 400. The maximum absolute atomic E-state index is 11.8. The summed E-state index contributed by atoms with van der Waals surface area (Å²) < 4.78 is 0. The largest absolute Gasteiger partial charge is 0.506 e. The average Bonchev–Trinajstić information content (AvgIpc) is 2.70. The van der Waals surface area contributed by atoms with Crippen molar-refractivity contribution >= 4 is 11.6 Å². The van der Waals surface area contributed by atoms with Crippen LogP contribution in [-0.4, -0.2) is 34.8 Å². The van der Waals surface area contributed by atoms with Gasteiger partial charge in [0.25, 0.3) is 5.91 Å². The summed E-state index contributed by atoms with van der Waals surface area (Å²) in [4.78, 5) is 11.8. The summed E-state index contributed by atoms with van der Waals surface area (Å²) in [5, 5.41) is 24.9. The fraction of sp³-hybridized carbons (Fsp3) is 0.364. The molecular formula is C11H14N2O3. The molecule has 0 aliphatic carbocycles. The van der Waals surface area contributed by atoms with Crippen LogP contribution in [0.1, 0.15) is 6.42 Å². The molecule has 0 aromatic heterocycles. The van der Waals surface area contributed by atoms with E-state index in [1.54, 1.807) is 18.2 Å². The smallest absolute Gasteiger partial charge is 0.257 e. The Balaban J connectivity index is 2.10. The minimum absolute atomic E-state index is 0.00888. The van der Waals surface area contributed by atoms with Crippen molar-refractivity contribution in [3.8, 4) is 5.75 Å². The molecule has 1 fully saturated rings. The second-order valence-electron chi connectivity index (χ2n) is 3.93. The van der Waals surface area contributed by atoms with Gasteiger partial charge in [0, 0.05) is 6.54 Å². The Morgan fingerprint density at radius 3 is 2.81 bits per heavy atom. The predicted octanol–water partition coefficient (Wildman–Crippen LogP) is 0.0551. The summed E-state index contributed by atoms with van der Waals surface area (Å²) in [5.41, 5.74) is -1.06. The van der Waals surface area contributed by atoms with E-state index in [4.69, 9.17) is 0 Å². The molecule has 86 valence electrons. The summed E-state index contributed by atoms with van der Waals surface area (Å²) in [6.07, 6.45) is 0.381. The number of β-amino-alcohol motifs (C(OH)–C–C–N with tert-alkyl or cyclic N) is 1. The third kappa shape index (κ3) is 2.00. The van der Waals surface area contributed by atoms with Gasteiger partial charge in [-0.3, -0.25) is 4.79 Å². The molecule has 1 amide bonds. The summed E-state index contributed by atoms with van der Waals surface area (Å²) in [7, 11) is 0. The molecule has 4 N–H and O–H groups in total. The SMILES string of the molecule is O=C(Nc1ccccc1O)C1(O)CCNC1. The van der Waals surface area contributed by atoms with Gasteiger partial charge in [-0.2, -0.15) is 0 Å². The van der Waals surface area contributed by atoms with E-state index in [2.05, 4.69) is 10.6 Å². The van der Waals surface area contributed by atoms with Gasteiger partial charge in [-0.25, -0.2) is 0 Å². The van der Waals surface area contributed by atoms with Crippen molar-refractivity contribution in [3.63, 3.8) is 0 Å². The normalized spacial score (nSPS) is 24.3. The lowest BCUT2D eigenvalue weighted by Crippen LogP contribution is -2.44. The first-order valence-corrected chi connectivity index (χ1v) is 5.14. The molecule has 1 aliphatic rings. The van der Waals surface area contributed by atoms with Crippen LogP contribution in [0.15, 0.2) is 24.3 Å². The third-order valence-electron chi connectivity index (χ3n) is 2.71. The molecule has 0 saturated carbocycles. The van der Waals surface area contributed by atoms with E-state index >= 15 is 0 Å². The van der Waals surface area contributed by atoms with Crippen LogP contribution in [0.25, 0.3) is 0 Å². The standard InChI is InChI=1S/C11H14N2O3/c14-9-4-2-1-3-8(9)13-10(15)11(16)5-6-12-7-11/h1-4,12,14,16H,5-7H2,(H,13,15). The second-order valence-corrected chi connectivity index (χ2v) is 3.93. The molecule has 5 nitrogen and oxygen atoms in total. The maximum Gasteiger partial charge on any atom is 0.257 e. The van der Waals surface area contributed by atoms with E-state index in [0.717, 1.165) is 0 Å². The molecule has 1 saturated heterocycles. The molecular weight excluding hydrogens is 208 g/mol. The van der Waals surface area contributed by atoms with E-state index in [9.17, 15) is 15.0 Å². The van der Waals surface area contributed by atoms with Gasteiger partial charge in [0.05, 0.1) is 5.69 Å². The highest BCUT2D eigenvalue weighted by atomic mass is 16.3. The van der Waals surface area contributed by atoms with Crippen LogP contribution in [0.4, 0.5) is 5.69 Å². The number of phenolic OH excluding ortho intramolecular Hbond substituents is 1. The number of rotatable bonds is 2. The molecule has 0 radical (unpaired) electrons. The fourth-order valence-corrected chi connectivity index (χ4v) is 1.69. The van der Waals surface area contributed by atoms with Gasteiger partial charge in [-0.1, -0.05) is 12.1 Å². The number of hydrogen-bond acceptors (Lipinski definition) is 4. The molecule has 0 bridgehead atoms. The van der Waals surface area contributed by atoms with E-state index in [1.807, 2.05) is 0 Å². The van der Waals surface area contributed by atoms with E-state index < -0.39 is 11.5 Å². The molecule has 1 aromatic carbocycles. The van der Waals surface area contributed by atoms with Crippen LogP contribution in [0.3, 0.4) is 0 Å². The number of amides is 1. The molecule has 2 rings (SSSR count). The van der Waals surface area contributed by atoms with Gasteiger partial charge in [0.1, 0.15) is 5.75 Å². The third-order valence-corrected chi connectivity index (χ3v) is 2.71. The number of aliphatic hydroxyl groups is 1. The summed E-state index contributed by atoms with van der Waals surface area (Å²) >= 11 is 0. The zero-order valence-electron chi connectivity index (χ0n) is 8.73. The highest BCUT2D eigenvalue weighted by molar-refractivity contribution is 5.98. The van der Waals surface area contributed by atoms with Crippen molar-refractivity contribution in [2.75, 3.05) is 18.4 Å². The van der Waals surface area contributed by atoms with Crippen molar-refractivity contribution < 1.29 is 15.0 Å². The first-order valence-electron chi connectivity index (χ1n) is 5.14. The molecule has 1 aromatic rings. The number of anilines is 1. The maximum atomic E-state index is 11.8. The van der Waals surface area contributed by atoms with Crippen LogP contribution in [0, 0.1) is 0 Å². The van der Waals surface area contributed by atoms with Crippen molar-refractivity contribution in [1.82, 2.24) is 5.32 Å². The highest BCUT2D eigenvalue weighted by Gasteiger charge is 2.39. The lowest BCUT2D eigenvalue weighted by Gasteiger charge is -2.20. The quantitative estimate of drug-likeness (QED) is 0.533. The van der Waals surface area contributed by atoms with Crippen molar-refractivity contribution in [3.05, 3.63) is 24.3 Å². The lowest BCUT2D eigenvalue weighted by molar-refractivity contribution is -0.132. The average molecular weight is 222 g/mol. The number of para-hydroxylation sites is 2. The highest BCUT2D eigenvalue weighted by Crippen LogP contribution is 2.24. The summed E-state index contributed by atoms with van der Waals surface area (Å²) in [6.45, 7) is 0.858.